The molecule has 8 nitrogen and oxygen atoms in total. The van der Waals surface area contributed by atoms with Gasteiger partial charge in [0.2, 0.25) is 11.8 Å². The number of thiazole rings is 1. The molecule has 1 fully saturated rings. The van der Waals surface area contributed by atoms with E-state index in [0.29, 0.717) is 21.9 Å². The van der Waals surface area contributed by atoms with Crippen molar-refractivity contribution >= 4 is 49.9 Å². The molecular weight excluding hydrogens is 392 g/mol. The fourth-order valence-corrected chi connectivity index (χ4v) is 4.22. The van der Waals surface area contributed by atoms with E-state index in [2.05, 4.69) is 10.3 Å². The quantitative estimate of drug-likeness (QED) is 0.520. The minimum atomic E-state index is -0.481. The normalized spacial score (nSPS) is 16.4. The van der Waals surface area contributed by atoms with Crippen LogP contribution in [0.15, 0.2) is 36.4 Å². The van der Waals surface area contributed by atoms with Gasteiger partial charge in [0, 0.05) is 30.8 Å². The fourth-order valence-electron chi connectivity index (χ4n) is 3.31. The van der Waals surface area contributed by atoms with E-state index in [-0.39, 0.29) is 23.9 Å². The molecule has 148 valence electrons. The van der Waals surface area contributed by atoms with Crippen LogP contribution in [0.5, 0.6) is 0 Å². The maximum atomic E-state index is 12.7. The minimum Gasteiger partial charge on any atom is -0.312 e. The summed E-state index contributed by atoms with van der Waals surface area (Å²) in [5, 5.41) is 14.0. The first kappa shape index (κ1) is 19.0. The maximum Gasteiger partial charge on any atom is 0.270 e. The Morgan fingerprint density at radius 1 is 1.24 bits per heavy atom. The smallest absolute Gasteiger partial charge is 0.270 e. The SMILES string of the molecule is Cc1ccc(N2C[C@@H](C(=O)Nc3nc4ccc([N+](=O)[O-])cc4s3)CC2=O)cc1C. The van der Waals surface area contributed by atoms with Crippen molar-refractivity contribution in [1.82, 2.24) is 4.98 Å². The van der Waals surface area contributed by atoms with Gasteiger partial charge in [-0.1, -0.05) is 17.4 Å². The Kier molecular flexibility index (Phi) is 4.75. The molecule has 0 radical (unpaired) electrons. The minimum absolute atomic E-state index is 0.0237. The lowest BCUT2D eigenvalue weighted by atomic mass is 10.1. The van der Waals surface area contributed by atoms with Crippen LogP contribution < -0.4 is 10.2 Å². The molecule has 1 aromatic heterocycles. The van der Waals surface area contributed by atoms with E-state index in [9.17, 15) is 19.7 Å². The highest BCUT2D eigenvalue weighted by molar-refractivity contribution is 7.22. The molecule has 0 saturated carbocycles. The highest BCUT2D eigenvalue weighted by Gasteiger charge is 2.35. The van der Waals surface area contributed by atoms with Gasteiger partial charge in [-0.25, -0.2) is 4.98 Å². The van der Waals surface area contributed by atoms with Gasteiger partial charge in [-0.05, 0) is 43.2 Å². The van der Waals surface area contributed by atoms with Gasteiger partial charge in [-0.15, -0.1) is 0 Å². The van der Waals surface area contributed by atoms with E-state index >= 15 is 0 Å². The topological polar surface area (TPSA) is 105 Å². The largest absolute Gasteiger partial charge is 0.312 e. The Balaban J connectivity index is 1.49. The number of aromatic nitrogens is 1. The van der Waals surface area contributed by atoms with Gasteiger partial charge >= 0.3 is 0 Å². The highest BCUT2D eigenvalue weighted by Crippen LogP contribution is 2.31. The van der Waals surface area contributed by atoms with Crippen LogP contribution in [-0.4, -0.2) is 28.3 Å². The van der Waals surface area contributed by atoms with Crippen molar-refractivity contribution in [3.63, 3.8) is 0 Å². The number of nitrogens with zero attached hydrogens (tertiary/aromatic N) is 3. The number of hydrogen-bond acceptors (Lipinski definition) is 6. The number of carbonyl (C=O) groups is 2. The van der Waals surface area contributed by atoms with Crippen molar-refractivity contribution in [3.05, 3.63) is 57.6 Å². The number of aryl methyl sites for hydroxylation is 2. The van der Waals surface area contributed by atoms with Crippen molar-refractivity contribution in [2.24, 2.45) is 5.92 Å². The Labute approximate surface area is 170 Å². The van der Waals surface area contributed by atoms with Crippen LogP contribution in [0.4, 0.5) is 16.5 Å². The zero-order valence-corrected chi connectivity index (χ0v) is 16.7. The van der Waals surface area contributed by atoms with E-state index in [4.69, 9.17) is 0 Å². The molecule has 1 atom stereocenters. The number of hydrogen-bond donors (Lipinski definition) is 1. The predicted molar refractivity (Wildman–Crippen MR) is 111 cm³/mol. The van der Waals surface area contributed by atoms with Crippen molar-refractivity contribution in [2.75, 3.05) is 16.8 Å². The monoisotopic (exact) mass is 410 g/mol. The molecular formula is C20H18N4O4S. The molecule has 9 heteroatoms. The first-order chi connectivity index (χ1) is 13.8. The number of nitro benzene ring substituents is 1. The third kappa shape index (κ3) is 3.68. The third-order valence-electron chi connectivity index (χ3n) is 5.11. The molecule has 0 spiro atoms. The number of amides is 2. The standard InChI is InChI=1S/C20H18N4O4S/c1-11-3-4-14(7-12(11)2)23-10-13(8-18(23)25)19(26)22-20-21-16-6-5-15(24(27)28)9-17(16)29-20/h3-7,9,13H,8,10H2,1-2H3,(H,21,22,26)/t13-/m0/s1. The summed E-state index contributed by atoms with van der Waals surface area (Å²) >= 11 is 1.17. The highest BCUT2D eigenvalue weighted by atomic mass is 32.1. The summed E-state index contributed by atoms with van der Waals surface area (Å²) in [6, 6.07) is 10.2. The zero-order valence-electron chi connectivity index (χ0n) is 15.8. The fraction of sp³-hybridized carbons (Fsp3) is 0.250. The molecule has 1 aliphatic heterocycles. The number of rotatable bonds is 4. The molecule has 29 heavy (non-hydrogen) atoms. The van der Waals surface area contributed by atoms with Crippen LogP contribution in [0.3, 0.4) is 0 Å². The van der Waals surface area contributed by atoms with Crippen LogP contribution in [0, 0.1) is 29.9 Å². The lowest BCUT2D eigenvalue weighted by Crippen LogP contribution is -2.28. The van der Waals surface area contributed by atoms with Crippen molar-refractivity contribution < 1.29 is 14.5 Å². The number of non-ortho nitro benzene ring substituents is 1. The predicted octanol–water partition coefficient (Wildman–Crippen LogP) is 3.81. The lowest BCUT2D eigenvalue weighted by molar-refractivity contribution is -0.384. The molecule has 0 bridgehead atoms. The first-order valence-corrected chi connectivity index (χ1v) is 9.87. The van der Waals surface area contributed by atoms with Gasteiger partial charge in [0.05, 0.1) is 21.1 Å². The number of anilines is 2. The van der Waals surface area contributed by atoms with E-state index in [1.54, 1.807) is 11.0 Å². The van der Waals surface area contributed by atoms with E-state index in [0.717, 1.165) is 16.8 Å². The third-order valence-corrected chi connectivity index (χ3v) is 6.04. The van der Waals surface area contributed by atoms with Gasteiger partial charge in [0.15, 0.2) is 5.13 Å². The van der Waals surface area contributed by atoms with Crippen LogP contribution in [0.2, 0.25) is 0 Å². The van der Waals surface area contributed by atoms with E-state index in [1.807, 2.05) is 32.0 Å². The lowest BCUT2D eigenvalue weighted by Gasteiger charge is -2.17. The van der Waals surface area contributed by atoms with Gasteiger partial charge in [-0.2, -0.15) is 0 Å². The molecule has 1 saturated heterocycles. The first-order valence-electron chi connectivity index (χ1n) is 9.05. The summed E-state index contributed by atoms with van der Waals surface area (Å²) in [5.41, 5.74) is 3.58. The second-order valence-electron chi connectivity index (χ2n) is 7.09. The Morgan fingerprint density at radius 3 is 2.76 bits per heavy atom. The molecule has 2 aromatic carbocycles. The number of benzene rings is 2. The molecule has 0 unspecified atom stereocenters. The molecule has 3 aromatic rings. The Bertz CT molecular complexity index is 1160. The van der Waals surface area contributed by atoms with Crippen LogP contribution in [0.1, 0.15) is 17.5 Å². The molecule has 2 amide bonds. The van der Waals surface area contributed by atoms with Crippen molar-refractivity contribution in [3.8, 4) is 0 Å². The second-order valence-corrected chi connectivity index (χ2v) is 8.12. The number of nitro groups is 1. The molecule has 1 N–H and O–H groups in total. The molecule has 1 aliphatic rings. The number of carbonyl (C=O) groups excluding carboxylic acids is 2. The molecule has 2 heterocycles. The summed E-state index contributed by atoms with van der Waals surface area (Å²) in [5.74, 6) is -0.850. The zero-order chi connectivity index (χ0) is 20.7. The van der Waals surface area contributed by atoms with Gasteiger partial charge in [0.1, 0.15) is 0 Å². The Morgan fingerprint density at radius 2 is 2.03 bits per heavy atom. The molecule has 4 rings (SSSR count). The Hall–Kier alpha value is -3.33. The van der Waals surface area contributed by atoms with Crippen LogP contribution in [-0.2, 0) is 9.59 Å². The second kappa shape index (κ2) is 7.25. The summed E-state index contributed by atoms with van der Waals surface area (Å²) < 4.78 is 0.619. The summed E-state index contributed by atoms with van der Waals surface area (Å²) in [6.45, 7) is 4.30. The maximum absolute atomic E-state index is 12.7. The number of nitrogens with one attached hydrogen (secondary N) is 1. The van der Waals surface area contributed by atoms with Crippen LogP contribution >= 0.6 is 11.3 Å². The van der Waals surface area contributed by atoms with Gasteiger partial charge in [0.25, 0.3) is 5.69 Å². The van der Waals surface area contributed by atoms with Gasteiger partial charge < -0.3 is 10.2 Å². The summed E-state index contributed by atoms with van der Waals surface area (Å²) in [4.78, 5) is 41.5. The van der Waals surface area contributed by atoms with Crippen LogP contribution in [0.25, 0.3) is 10.2 Å². The van der Waals surface area contributed by atoms with Crippen molar-refractivity contribution in [2.45, 2.75) is 20.3 Å². The van der Waals surface area contributed by atoms with Gasteiger partial charge in [-0.3, -0.25) is 19.7 Å². The van der Waals surface area contributed by atoms with Crippen molar-refractivity contribution in [1.29, 1.82) is 0 Å². The average Bonchev–Trinajstić information content (AvgIpc) is 3.26. The van der Waals surface area contributed by atoms with E-state index < -0.39 is 10.8 Å². The average molecular weight is 410 g/mol. The number of fused-ring (bicyclic) bond motifs is 1. The molecule has 0 aliphatic carbocycles. The van der Waals surface area contributed by atoms with E-state index in [1.165, 1.54) is 23.5 Å². The summed E-state index contributed by atoms with van der Waals surface area (Å²) in [6.07, 6.45) is 0.134. The summed E-state index contributed by atoms with van der Waals surface area (Å²) in [7, 11) is 0.